The summed E-state index contributed by atoms with van der Waals surface area (Å²) in [5, 5.41) is 11.4. The van der Waals surface area contributed by atoms with Crippen LogP contribution >= 0.6 is 23.7 Å². The summed E-state index contributed by atoms with van der Waals surface area (Å²) in [6.45, 7) is 1.11. The smallest absolute Gasteiger partial charge is 0.341 e. The quantitative estimate of drug-likeness (QED) is 0.644. The fraction of sp³-hybridized carbons (Fsp3) is 0.333. The molecule has 3 aromatic heterocycles. The summed E-state index contributed by atoms with van der Waals surface area (Å²) in [4.78, 5) is 34.5. The van der Waals surface area contributed by atoms with Gasteiger partial charge in [0.15, 0.2) is 22.4 Å². The molecule has 1 saturated heterocycles. The maximum absolute atomic E-state index is 14.9. The lowest BCUT2D eigenvalue weighted by Crippen LogP contribution is -2.54. The van der Waals surface area contributed by atoms with Crippen molar-refractivity contribution in [3.63, 3.8) is 0 Å². The predicted molar refractivity (Wildman–Crippen MR) is 109 cm³/mol. The van der Waals surface area contributed by atoms with Gasteiger partial charge in [-0.05, 0) is 24.8 Å². The topological polar surface area (TPSA) is 114 Å². The van der Waals surface area contributed by atoms with Gasteiger partial charge in [-0.25, -0.2) is 19.2 Å². The molecule has 1 aliphatic carbocycles. The van der Waals surface area contributed by atoms with E-state index in [1.807, 2.05) is 4.90 Å². The fourth-order valence-corrected chi connectivity index (χ4v) is 4.73. The number of carboxylic acids is 1. The molecule has 2 unspecified atom stereocenters. The molecule has 8 nitrogen and oxygen atoms in total. The van der Waals surface area contributed by atoms with E-state index < -0.39 is 22.8 Å². The average molecular weight is 438 g/mol. The van der Waals surface area contributed by atoms with Crippen molar-refractivity contribution in [3.05, 3.63) is 45.4 Å². The number of hydrogen-bond donors (Lipinski definition) is 2. The first kappa shape index (κ1) is 19.7. The molecule has 2 atom stereocenters. The van der Waals surface area contributed by atoms with Crippen LogP contribution in [0.15, 0.2) is 28.6 Å². The van der Waals surface area contributed by atoms with Crippen molar-refractivity contribution in [2.24, 2.45) is 11.7 Å². The second-order valence-corrected chi connectivity index (χ2v) is 8.25. The van der Waals surface area contributed by atoms with Crippen molar-refractivity contribution in [1.29, 1.82) is 0 Å². The summed E-state index contributed by atoms with van der Waals surface area (Å²) >= 11 is 1.26. The molecule has 5 rings (SSSR count). The molecule has 2 fully saturated rings. The Bertz CT molecular complexity index is 1180. The Labute approximate surface area is 174 Å². The molecule has 29 heavy (non-hydrogen) atoms. The first-order valence-electron chi connectivity index (χ1n) is 8.80. The van der Waals surface area contributed by atoms with Crippen LogP contribution in [0.25, 0.3) is 16.2 Å². The second kappa shape index (κ2) is 6.75. The maximum Gasteiger partial charge on any atom is 0.341 e. The minimum atomic E-state index is -1.39. The number of anilines is 1. The molecule has 0 bridgehead atoms. The van der Waals surface area contributed by atoms with Crippen molar-refractivity contribution < 1.29 is 14.3 Å². The van der Waals surface area contributed by atoms with Crippen molar-refractivity contribution in [3.8, 4) is 5.13 Å². The number of nitrogens with zero attached hydrogens (tertiary/aromatic N) is 4. The van der Waals surface area contributed by atoms with Gasteiger partial charge in [-0.3, -0.25) is 9.36 Å². The number of aromatic carboxylic acids is 1. The maximum atomic E-state index is 14.9. The van der Waals surface area contributed by atoms with E-state index in [0.29, 0.717) is 24.1 Å². The first-order valence-corrected chi connectivity index (χ1v) is 9.68. The molecule has 0 amide bonds. The normalized spacial score (nSPS) is 22.8. The van der Waals surface area contributed by atoms with Crippen molar-refractivity contribution >= 4 is 46.6 Å². The number of fused-ring (bicyclic) bond motifs is 2. The molecule has 3 N–H and O–H groups in total. The van der Waals surface area contributed by atoms with Gasteiger partial charge >= 0.3 is 5.97 Å². The third kappa shape index (κ3) is 2.90. The van der Waals surface area contributed by atoms with E-state index in [1.165, 1.54) is 22.1 Å². The number of rotatable bonds is 3. The number of pyridine rings is 2. The third-order valence-corrected chi connectivity index (χ3v) is 6.54. The van der Waals surface area contributed by atoms with Crippen LogP contribution in [0.3, 0.4) is 0 Å². The van der Waals surface area contributed by atoms with Gasteiger partial charge in [0.2, 0.25) is 5.43 Å². The number of carboxylic acid groups (broad SMARTS) is 1. The highest BCUT2D eigenvalue weighted by Crippen LogP contribution is 2.44. The third-order valence-electron chi connectivity index (χ3n) is 5.77. The molecule has 4 heterocycles. The highest BCUT2D eigenvalue weighted by molar-refractivity contribution is 7.12. The summed E-state index contributed by atoms with van der Waals surface area (Å²) in [6.07, 6.45) is 4.66. The van der Waals surface area contributed by atoms with Gasteiger partial charge in [0.05, 0.1) is 5.39 Å². The highest BCUT2D eigenvalue weighted by atomic mass is 35.5. The van der Waals surface area contributed by atoms with Gasteiger partial charge in [-0.2, -0.15) is 0 Å². The van der Waals surface area contributed by atoms with Crippen LogP contribution in [0.5, 0.6) is 0 Å². The molecule has 0 spiro atoms. The zero-order valence-electron chi connectivity index (χ0n) is 15.0. The van der Waals surface area contributed by atoms with E-state index in [-0.39, 0.29) is 34.8 Å². The van der Waals surface area contributed by atoms with E-state index in [2.05, 4.69) is 9.97 Å². The highest BCUT2D eigenvalue weighted by Gasteiger charge is 2.50. The van der Waals surface area contributed by atoms with Crippen LogP contribution in [0, 0.1) is 11.7 Å². The number of halogens is 2. The van der Waals surface area contributed by atoms with Crippen LogP contribution in [0.1, 0.15) is 23.2 Å². The number of nitrogens with two attached hydrogens (primary N) is 1. The van der Waals surface area contributed by atoms with Crippen LogP contribution < -0.4 is 16.1 Å². The van der Waals surface area contributed by atoms with Gasteiger partial charge < -0.3 is 15.7 Å². The molecule has 2 aliphatic rings. The summed E-state index contributed by atoms with van der Waals surface area (Å²) in [6, 6.07) is 1.07. The second-order valence-electron chi connectivity index (χ2n) is 7.38. The number of carbonyl (C=O) groups is 1. The SMILES string of the molecule is Cl.NC12CCC1CN(c1nc3c(cc1F)c(=O)c(C(=O)O)cn3-c1nccs1)C2. The molecule has 1 saturated carbocycles. The summed E-state index contributed by atoms with van der Waals surface area (Å²) in [5.41, 5.74) is 4.99. The van der Waals surface area contributed by atoms with Gasteiger partial charge in [0.1, 0.15) is 5.56 Å². The zero-order chi connectivity index (χ0) is 19.6. The molecule has 1 aliphatic heterocycles. The molecule has 0 aromatic carbocycles. The molecule has 152 valence electrons. The molecule has 3 aromatic rings. The summed E-state index contributed by atoms with van der Waals surface area (Å²) < 4.78 is 16.3. The number of hydrogen-bond acceptors (Lipinski definition) is 7. The first-order chi connectivity index (χ1) is 13.4. The summed E-state index contributed by atoms with van der Waals surface area (Å²) in [5.74, 6) is -1.62. The van der Waals surface area contributed by atoms with Crippen molar-refractivity contribution in [1.82, 2.24) is 14.5 Å². The summed E-state index contributed by atoms with van der Waals surface area (Å²) in [7, 11) is 0. The Morgan fingerprint density at radius 3 is 2.79 bits per heavy atom. The lowest BCUT2D eigenvalue weighted by molar-refractivity contribution is 0.0695. The van der Waals surface area contributed by atoms with Crippen molar-refractivity contribution in [2.75, 3.05) is 18.0 Å². The zero-order valence-corrected chi connectivity index (χ0v) is 16.7. The molecule has 11 heteroatoms. The van der Waals surface area contributed by atoms with Gasteiger partial charge in [0.25, 0.3) is 0 Å². The lowest BCUT2D eigenvalue weighted by Gasteiger charge is -2.40. The largest absolute Gasteiger partial charge is 0.477 e. The number of aromatic nitrogens is 3. The Morgan fingerprint density at radius 2 is 2.24 bits per heavy atom. The van der Waals surface area contributed by atoms with E-state index in [9.17, 15) is 19.1 Å². The predicted octanol–water partition coefficient (Wildman–Crippen LogP) is 2.03. The molecule has 0 radical (unpaired) electrons. The van der Waals surface area contributed by atoms with E-state index in [1.54, 1.807) is 11.6 Å². The van der Waals surface area contributed by atoms with Gasteiger partial charge in [-0.15, -0.1) is 23.7 Å². The monoisotopic (exact) mass is 437 g/mol. The minimum Gasteiger partial charge on any atom is -0.477 e. The van der Waals surface area contributed by atoms with Crippen LogP contribution in [0.4, 0.5) is 10.2 Å². The minimum absolute atomic E-state index is 0. The van der Waals surface area contributed by atoms with Gasteiger partial charge in [-0.1, -0.05) is 0 Å². The van der Waals surface area contributed by atoms with Gasteiger partial charge in [0, 0.05) is 36.4 Å². The average Bonchev–Trinajstić information content (AvgIpc) is 3.25. The molecular formula is C18H17ClFN5O3S. The van der Waals surface area contributed by atoms with E-state index in [4.69, 9.17) is 5.73 Å². The van der Waals surface area contributed by atoms with E-state index in [0.717, 1.165) is 18.9 Å². The Kier molecular flexibility index (Phi) is 4.60. The Morgan fingerprint density at radius 1 is 1.45 bits per heavy atom. The van der Waals surface area contributed by atoms with Crippen LogP contribution in [0.2, 0.25) is 0 Å². The van der Waals surface area contributed by atoms with Crippen LogP contribution in [-0.2, 0) is 0 Å². The lowest BCUT2D eigenvalue weighted by atomic mass is 9.70. The fourth-order valence-electron chi connectivity index (χ4n) is 4.12. The van der Waals surface area contributed by atoms with Crippen molar-refractivity contribution in [2.45, 2.75) is 18.4 Å². The Balaban J connectivity index is 0.00000205. The van der Waals surface area contributed by atoms with Crippen LogP contribution in [-0.4, -0.2) is 44.2 Å². The number of thiazole rings is 1. The van der Waals surface area contributed by atoms with E-state index >= 15 is 0 Å². The molecular weight excluding hydrogens is 421 g/mol. The Hall–Kier alpha value is -2.56. The standard InChI is InChI=1S/C18H16FN5O3S.ClH/c19-12-5-10-13(25)11(16(26)27)7-24(17-21-3-4-28-17)14(10)22-15(12)23-6-9-1-2-18(9,20)8-23;/h3-5,7,9H,1-2,6,8,20H2,(H,26,27);1H.